The maximum Gasteiger partial charge on any atom is 0.306 e. The van der Waals surface area contributed by atoms with E-state index in [1.807, 2.05) is 0 Å². The van der Waals surface area contributed by atoms with Crippen LogP contribution in [-0.2, 0) is 28.6 Å². The third kappa shape index (κ3) is 62.4. The third-order valence-corrected chi connectivity index (χ3v) is 15.1. The van der Waals surface area contributed by atoms with Gasteiger partial charge in [0, 0.05) is 19.3 Å². The normalized spacial score (nSPS) is 12.2. The van der Waals surface area contributed by atoms with Gasteiger partial charge in [-0.1, -0.05) is 308 Å². The Morgan fingerprint density at radius 3 is 0.773 bits per heavy atom. The van der Waals surface area contributed by atoms with E-state index in [9.17, 15) is 14.4 Å². The molecular weight excluding hydrogens is 925 g/mol. The fraction of sp³-hybridized carbons (Fsp3) is 0.870. The van der Waals surface area contributed by atoms with Crippen molar-refractivity contribution in [2.75, 3.05) is 13.2 Å². The number of carbonyl (C=O) groups is 3. The van der Waals surface area contributed by atoms with Crippen LogP contribution < -0.4 is 0 Å². The Kier molecular flexibility index (Phi) is 62.1. The van der Waals surface area contributed by atoms with Gasteiger partial charge in [0.1, 0.15) is 13.2 Å². The minimum absolute atomic E-state index is 0.0706. The standard InChI is InChI=1S/C69H128O6/c1-4-7-10-13-16-19-22-25-28-31-33-34-36-38-41-44-47-50-53-56-59-62-68(71)74-65-66(64-73-67(70)61-58-55-52-49-46-43-40-37-30-27-24-21-18-15-12-9-6-3)75-69(72)63-60-57-54-51-48-45-42-39-35-32-29-26-23-20-17-14-11-8-5-2/h17,20,26-27,29-30,66H,4-16,18-19,21-25,28,31-65H2,1-3H3/b20-17-,29-26-,30-27-. The largest absolute Gasteiger partial charge is 0.462 e. The molecule has 0 N–H and O–H groups in total. The maximum atomic E-state index is 12.9. The SMILES string of the molecule is CCCCC/C=C\C/C=C\CCCCCCCCCCCC(=O)OC(COC(=O)CCCCCCCCC/C=C\CCCCCCCC)COC(=O)CCCCCCCCCCCCCCCCCCCCCCC. The van der Waals surface area contributed by atoms with Crippen LogP contribution in [0.15, 0.2) is 36.5 Å². The molecule has 6 heteroatoms. The van der Waals surface area contributed by atoms with Gasteiger partial charge in [-0.15, -0.1) is 0 Å². The van der Waals surface area contributed by atoms with Crippen LogP contribution in [0.1, 0.15) is 367 Å². The first-order valence-electron chi connectivity index (χ1n) is 33.5. The molecule has 1 atom stereocenters. The predicted octanol–water partition coefficient (Wildman–Crippen LogP) is 22.8. The summed E-state index contributed by atoms with van der Waals surface area (Å²) < 4.78 is 17.0. The minimum Gasteiger partial charge on any atom is -0.462 e. The van der Waals surface area contributed by atoms with Gasteiger partial charge in [-0.05, 0) is 77.0 Å². The molecule has 0 aromatic heterocycles. The Morgan fingerprint density at radius 2 is 0.480 bits per heavy atom. The summed E-state index contributed by atoms with van der Waals surface area (Å²) in [6, 6.07) is 0. The van der Waals surface area contributed by atoms with Gasteiger partial charge in [-0.25, -0.2) is 0 Å². The van der Waals surface area contributed by atoms with E-state index < -0.39 is 6.10 Å². The van der Waals surface area contributed by atoms with E-state index in [1.54, 1.807) is 0 Å². The van der Waals surface area contributed by atoms with Crippen LogP contribution in [-0.4, -0.2) is 37.2 Å². The van der Waals surface area contributed by atoms with Gasteiger partial charge >= 0.3 is 17.9 Å². The highest BCUT2D eigenvalue weighted by atomic mass is 16.6. The molecule has 0 heterocycles. The van der Waals surface area contributed by atoms with E-state index in [-0.39, 0.29) is 31.1 Å². The molecular formula is C69H128O6. The van der Waals surface area contributed by atoms with E-state index in [0.717, 1.165) is 64.2 Å². The number of unbranched alkanes of at least 4 members (excludes halogenated alkanes) is 45. The van der Waals surface area contributed by atoms with Crippen molar-refractivity contribution >= 4 is 17.9 Å². The molecule has 6 nitrogen and oxygen atoms in total. The summed E-state index contributed by atoms with van der Waals surface area (Å²) >= 11 is 0. The van der Waals surface area contributed by atoms with Crippen LogP contribution in [0.5, 0.6) is 0 Å². The molecule has 440 valence electrons. The number of rotatable bonds is 62. The summed E-state index contributed by atoms with van der Waals surface area (Å²) in [6.45, 7) is 6.67. The van der Waals surface area contributed by atoms with Gasteiger partial charge in [0.05, 0.1) is 0 Å². The second-order valence-corrected chi connectivity index (χ2v) is 22.7. The molecule has 0 amide bonds. The molecule has 0 aliphatic carbocycles. The average Bonchev–Trinajstić information content (AvgIpc) is 3.41. The Labute approximate surface area is 467 Å². The molecule has 0 radical (unpaired) electrons. The van der Waals surface area contributed by atoms with Crippen LogP contribution >= 0.6 is 0 Å². The van der Waals surface area contributed by atoms with Gasteiger partial charge < -0.3 is 14.2 Å². The first kappa shape index (κ1) is 72.6. The van der Waals surface area contributed by atoms with Crippen molar-refractivity contribution in [1.29, 1.82) is 0 Å². The van der Waals surface area contributed by atoms with Crippen molar-refractivity contribution < 1.29 is 28.6 Å². The molecule has 0 aliphatic rings. The van der Waals surface area contributed by atoms with E-state index in [0.29, 0.717) is 19.3 Å². The fourth-order valence-corrected chi connectivity index (χ4v) is 10.1. The van der Waals surface area contributed by atoms with Crippen LogP contribution in [0.2, 0.25) is 0 Å². The molecule has 75 heavy (non-hydrogen) atoms. The maximum absolute atomic E-state index is 12.9. The van der Waals surface area contributed by atoms with Gasteiger partial charge in [-0.3, -0.25) is 14.4 Å². The Balaban J connectivity index is 4.32. The van der Waals surface area contributed by atoms with Gasteiger partial charge in [0.2, 0.25) is 0 Å². The molecule has 0 saturated heterocycles. The number of carbonyl (C=O) groups excluding carboxylic acids is 3. The molecule has 0 bridgehead atoms. The number of hydrogen-bond donors (Lipinski definition) is 0. The first-order chi connectivity index (χ1) is 37.0. The van der Waals surface area contributed by atoms with E-state index in [2.05, 4.69) is 57.2 Å². The van der Waals surface area contributed by atoms with Crippen molar-refractivity contribution in [2.45, 2.75) is 374 Å². The second-order valence-electron chi connectivity index (χ2n) is 22.7. The van der Waals surface area contributed by atoms with Crippen molar-refractivity contribution in [3.05, 3.63) is 36.5 Å². The highest BCUT2D eigenvalue weighted by Gasteiger charge is 2.19. The topological polar surface area (TPSA) is 78.9 Å². The van der Waals surface area contributed by atoms with Crippen LogP contribution in [0.4, 0.5) is 0 Å². The first-order valence-corrected chi connectivity index (χ1v) is 33.5. The quantitative estimate of drug-likeness (QED) is 0.0261. The highest BCUT2D eigenvalue weighted by Crippen LogP contribution is 2.18. The molecule has 0 aliphatic heterocycles. The minimum atomic E-state index is -0.775. The summed E-state index contributed by atoms with van der Waals surface area (Å²) in [4.78, 5) is 38.4. The lowest BCUT2D eigenvalue weighted by atomic mass is 10.0. The molecule has 1 unspecified atom stereocenters. The summed E-state index contributed by atoms with van der Waals surface area (Å²) in [5.41, 5.74) is 0. The number of ether oxygens (including phenoxy) is 3. The zero-order valence-electron chi connectivity index (χ0n) is 50.6. The van der Waals surface area contributed by atoms with Crippen molar-refractivity contribution in [3.63, 3.8) is 0 Å². The lowest BCUT2D eigenvalue weighted by molar-refractivity contribution is -0.167. The molecule has 0 rings (SSSR count). The lowest BCUT2D eigenvalue weighted by Gasteiger charge is -2.18. The van der Waals surface area contributed by atoms with Crippen LogP contribution in [0, 0.1) is 0 Å². The highest BCUT2D eigenvalue weighted by molar-refractivity contribution is 5.71. The molecule has 0 fully saturated rings. The van der Waals surface area contributed by atoms with Gasteiger partial charge in [-0.2, -0.15) is 0 Å². The monoisotopic (exact) mass is 1050 g/mol. The number of esters is 3. The molecule has 0 spiro atoms. The molecule has 0 aromatic carbocycles. The zero-order chi connectivity index (χ0) is 54.3. The molecule has 0 saturated carbocycles. The Bertz CT molecular complexity index is 1250. The van der Waals surface area contributed by atoms with E-state index in [4.69, 9.17) is 14.2 Å². The summed E-state index contributed by atoms with van der Waals surface area (Å²) in [7, 11) is 0. The average molecular weight is 1050 g/mol. The Morgan fingerprint density at radius 1 is 0.267 bits per heavy atom. The third-order valence-electron chi connectivity index (χ3n) is 15.1. The lowest BCUT2D eigenvalue weighted by Crippen LogP contribution is -2.30. The van der Waals surface area contributed by atoms with Crippen molar-refractivity contribution in [1.82, 2.24) is 0 Å². The van der Waals surface area contributed by atoms with Crippen molar-refractivity contribution in [3.8, 4) is 0 Å². The summed E-state index contributed by atoms with van der Waals surface area (Å²) in [5, 5.41) is 0. The number of allylic oxidation sites excluding steroid dienone is 6. The van der Waals surface area contributed by atoms with Crippen LogP contribution in [0.25, 0.3) is 0 Å². The zero-order valence-corrected chi connectivity index (χ0v) is 50.6. The Hall–Kier alpha value is -2.37. The van der Waals surface area contributed by atoms with Gasteiger partial charge in [0.15, 0.2) is 6.10 Å². The van der Waals surface area contributed by atoms with E-state index in [1.165, 1.54) is 263 Å². The van der Waals surface area contributed by atoms with Crippen LogP contribution in [0.3, 0.4) is 0 Å². The molecule has 0 aromatic rings. The second kappa shape index (κ2) is 64.2. The summed E-state index contributed by atoms with van der Waals surface area (Å²) in [5.74, 6) is -0.853. The van der Waals surface area contributed by atoms with E-state index >= 15 is 0 Å². The predicted molar refractivity (Wildman–Crippen MR) is 326 cm³/mol. The van der Waals surface area contributed by atoms with Crippen molar-refractivity contribution in [2.24, 2.45) is 0 Å². The fourth-order valence-electron chi connectivity index (χ4n) is 10.1. The number of hydrogen-bond acceptors (Lipinski definition) is 6. The van der Waals surface area contributed by atoms with Gasteiger partial charge in [0.25, 0.3) is 0 Å². The smallest absolute Gasteiger partial charge is 0.306 e. The summed E-state index contributed by atoms with van der Waals surface area (Å²) in [6.07, 6.45) is 78.6.